The molecule has 2 aromatic heterocycles. The Morgan fingerprint density at radius 1 is 1.18 bits per heavy atom. The molecule has 0 radical (unpaired) electrons. The van der Waals surface area contributed by atoms with Crippen molar-refractivity contribution >= 4 is 17.4 Å². The summed E-state index contributed by atoms with van der Waals surface area (Å²) in [7, 11) is 0. The van der Waals surface area contributed by atoms with Crippen LogP contribution in [0, 0.1) is 0 Å². The van der Waals surface area contributed by atoms with Gasteiger partial charge >= 0.3 is 0 Å². The number of pyridine rings is 1. The Morgan fingerprint density at radius 3 is 2.61 bits per heavy atom. The molecule has 0 saturated carbocycles. The summed E-state index contributed by atoms with van der Waals surface area (Å²) in [6.45, 7) is 3.78. The first-order valence-corrected chi connectivity index (χ1v) is 9.82. The second-order valence-electron chi connectivity index (χ2n) is 6.84. The fourth-order valence-electron chi connectivity index (χ4n) is 3.91. The van der Waals surface area contributed by atoms with Crippen LogP contribution >= 0.6 is 11.6 Å². The summed E-state index contributed by atoms with van der Waals surface area (Å²) in [5, 5.41) is 22.0. The summed E-state index contributed by atoms with van der Waals surface area (Å²) in [5.41, 5.74) is 4.82. The van der Waals surface area contributed by atoms with Crippen LogP contribution < -0.4 is 0 Å². The molecule has 2 N–H and O–H groups in total. The highest BCUT2D eigenvalue weighted by molar-refractivity contribution is 6.30. The first kappa shape index (κ1) is 18.5. The molecular weight excluding hydrogens is 374 g/mol. The molecular formula is C21H22ClN5O. The molecule has 0 aliphatic carbocycles. The third-order valence-electron chi connectivity index (χ3n) is 5.27. The van der Waals surface area contributed by atoms with Gasteiger partial charge in [-0.25, -0.2) is 0 Å². The summed E-state index contributed by atoms with van der Waals surface area (Å²) < 4.78 is 0. The van der Waals surface area contributed by atoms with E-state index in [0.717, 1.165) is 54.0 Å². The Kier molecular flexibility index (Phi) is 5.30. The molecule has 1 aromatic carbocycles. The molecule has 0 spiro atoms. The van der Waals surface area contributed by atoms with Crippen LogP contribution in [0.2, 0.25) is 5.02 Å². The highest BCUT2D eigenvalue weighted by Crippen LogP contribution is 2.40. The van der Waals surface area contributed by atoms with E-state index in [9.17, 15) is 5.21 Å². The number of H-pyrrole nitrogens is 1. The van der Waals surface area contributed by atoms with Gasteiger partial charge in [0.1, 0.15) is 5.69 Å². The number of halogens is 1. The van der Waals surface area contributed by atoms with Crippen LogP contribution in [0.4, 0.5) is 0 Å². The molecule has 3 aromatic rings. The van der Waals surface area contributed by atoms with E-state index in [1.165, 1.54) is 0 Å². The van der Waals surface area contributed by atoms with Crippen LogP contribution in [-0.2, 0) is 0 Å². The topological polar surface area (TPSA) is 77.4 Å². The van der Waals surface area contributed by atoms with E-state index in [2.05, 4.69) is 32.2 Å². The van der Waals surface area contributed by atoms with Crippen LogP contribution in [0.1, 0.15) is 31.4 Å². The normalized spacial score (nSPS) is 18.6. The minimum absolute atomic E-state index is 0.0459. The van der Waals surface area contributed by atoms with Gasteiger partial charge in [-0.05, 0) is 49.6 Å². The molecule has 1 saturated heterocycles. The van der Waals surface area contributed by atoms with Crippen molar-refractivity contribution in [3.8, 4) is 22.4 Å². The summed E-state index contributed by atoms with van der Waals surface area (Å²) in [5.74, 6) is 0.644. The van der Waals surface area contributed by atoms with Crippen molar-refractivity contribution in [3.63, 3.8) is 0 Å². The molecule has 0 bridgehead atoms. The number of rotatable bonds is 4. The van der Waals surface area contributed by atoms with Crippen molar-refractivity contribution in [2.24, 2.45) is 5.16 Å². The van der Waals surface area contributed by atoms with Crippen LogP contribution in [0.3, 0.4) is 0 Å². The van der Waals surface area contributed by atoms with Crippen LogP contribution in [0.25, 0.3) is 22.4 Å². The van der Waals surface area contributed by atoms with Crippen molar-refractivity contribution in [3.05, 3.63) is 59.5 Å². The predicted octanol–water partition coefficient (Wildman–Crippen LogP) is 4.78. The molecule has 1 unspecified atom stereocenters. The van der Waals surface area contributed by atoms with Gasteiger partial charge < -0.3 is 10.1 Å². The van der Waals surface area contributed by atoms with Crippen molar-refractivity contribution < 1.29 is 5.21 Å². The van der Waals surface area contributed by atoms with Crippen molar-refractivity contribution in [2.75, 3.05) is 13.1 Å². The van der Waals surface area contributed by atoms with E-state index in [1.54, 1.807) is 12.4 Å². The fraction of sp³-hybridized carbons (Fsp3) is 0.286. The molecule has 4 rings (SSSR count). The average molecular weight is 396 g/mol. The number of aromatic nitrogens is 3. The summed E-state index contributed by atoms with van der Waals surface area (Å²) in [6.07, 6.45) is 5.48. The van der Waals surface area contributed by atoms with Gasteiger partial charge in [-0.15, -0.1) is 0 Å². The van der Waals surface area contributed by atoms with Gasteiger partial charge in [0.15, 0.2) is 5.84 Å². The minimum atomic E-state index is -0.0459. The Labute approximate surface area is 168 Å². The summed E-state index contributed by atoms with van der Waals surface area (Å²) in [4.78, 5) is 6.27. The maximum atomic E-state index is 9.73. The number of benzene rings is 1. The quantitative estimate of drug-likeness (QED) is 0.492. The number of hydrogen-bond acceptors (Lipinski definition) is 4. The van der Waals surface area contributed by atoms with E-state index in [-0.39, 0.29) is 5.92 Å². The first-order valence-electron chi connectivity index (χ1n) is 9.44. The summed E-state index contributed by atoms with van der Waals surface area (Å²) in [6, 6.07) is 11.6. The maximum absolute atomic E-state index is 9.73. The van der Waals surface area contributed by atoms with E-state index < -0.39 is 0 Å². The van der Waals surface area contributed by atoms with Gasteiger partial charge in [0, 0.05) is 41.6 Å². The number of likely N-dealkylation sites (N-methyl/N-ethyl adjacent to an activating group) is 1. The fourth-order valence-corrected chi connectivity index (χ4v) is 4.04. The van der Waals surface area contributed by atoms with Gasteiger partial charge in [-0.3, -0.25) is 10.1 Å². The highest BCUT2D eigenvalue weighted by Gasteiger charge is 2.32. The molecule has 1 aliphatic heterocycles. The van der Waals surface area contributed by atoms with E-state index >= 15 is 0 Å². The lowest BCUT2D eigenvalue weighted by atomic mass is 9.87. The van der Waals surface area contributed by atoms with Crippen LogP contribution in [0.15, 0.2) is 53.9 Å². The number of amidine groups is 1. The van der Waals surface area contributed by atoms with Crippen LogP contribution in [-0.4, -0.2) is 44.2 Å². The Balaban J connectivity index is 1.87. The molecule has 1 fully saturated rings. The largest absolute Gasteiger partial charge is 0.409 e. The molecule has 1 aliphatic rings. The zero-order chi connectivity index (χ0) is 19.5. The number of aromatic amines is 1. The van der Waals surface area contributed by atoms with Crippen molar-refractivity contribution in [1.82, 2.24) is 20.1 Å². The molecule has 0 amide bonds. The predicted molar refractivity (Wildman–Crippen MR) is 111 cm³/mol. The third-order valence-corrected chi connectivity index (χ3v) is 5.52. The molecule has 7 heteroatoms. The Hall–Kier alpha value is -2.86. The molecule has 28 heavy (non-hydrogen) atoms. The number of likely N-dealkylation sites (tertiary alicyclic amines) is 1. The number of oxime groups is 1. The van der Waals surface area contributed by atoms with Gasteiger partial charge in [0.05, 0.1) is 11.6 Å². The van der Waals surface area contributed by atoms with E-state index in [4.69, 9.17) is 11.6 Å². The Bertz CT molecular complexity index is 968. The lowest BCUT2D eigenvalue weighted by Gasteiger charge is -2.34. The molecule has 3 heterocycles. The van der Waals surface area contributed by atoms with Crippen molar-refractivity contribution in [1.29, 1.82) is 0 Å². The van der Waals surface area contributed by atoms with E-state index in [0.29, 0.717) is 10.9 Å². The smallest absolute Gasteiger partial charge is 0.153 e. The van der Waals surface area contributed by atoms with Gasteiger partial charge in [-0.2, -0.15) is 5.10 Å². The summed E-state index contributed by atoms with van der Waals surface area (Å²) >= 11 is 6.07. The average Bonchev–Trinajstić information content (AvgIpc) is 3.19. The zero-order valence-corrected chi connectivity index (χ0v) is 16.4. The molecule has 1 atom stereocenters. The minimum Gasteiger partial charge on any atom is -0.409 e. The second-order valence-corrected chi connectivity index (χ2v) is 7.27. The number of piperidine rings is 1. The second kappa shape index (κ2) is 8.02. The van der Waals surface area contributed by atoms with Gasteiger partial charge in [0.2, 0.25) is 0 Å². The number of hydrogen-bond donors (Lipinski definition) is 2. The standard InChI is InChI=1S/C21H22ClN5O/c1-2-27-13-3-4-17(21(27)26-28)20-18(14-9-11-23-12-10-14)19(24-25-20)15-5-7-16(22)8-6-15/h5-12,17,28H,2-4,13H2,1H3,(H,24,25). The van der Waals surface area contributed by atoms with Crippen molar-refractivity contribution in [2.45, 2.75) is 25.7 Å². The third kappa shape index (κ3) is 3.36. The zero-order valence-electron chi connectivity index (χ0n) is 15.6. The van der Waals surface area contributed by atoms with Gasteiger partial charge in [-0.1, -0.05) is 28.9 Å². The lowest BCUT2D eigenvalue weighted by Crippen LogP contribution is -2.40. The van der Waals surface area contributed by atoms with Gasteiger partial charge in [0.25, 0.3) is 0 Å². The lowest BCUT2D eigenvalue weighted by molar-refractivity contribution is 0.282. The monoisotopic (exact) mass is 395 g/mol. The highest BCUT2D eigenvalue weighted by atomic mass is 35.5. The maximum Gasteiger partial charge on any atom is 0.153 e. The number of nitrogens with zero attached hydrogens (tertiary/aromatic N) is 4. The SMILES string of the molecule is CCN1CCCC(c2[nH]nc(-c3ccc(Cl)cc3)c2-c2ccncc2)C1=NO. The first-order chi connectivity index (χ1) is 13.7. The molecule has 144 valence electrons. The number of nitrogens with one attached hydrogen (secondary N) is 1. The van der Waals surface area contributed by atoms with Crippen LogP contribution in [0.5, 0.6) is 0 Å². The Morgan fingerprint density at radius 2 is 1.93 bits per heavy atom. The molecule has 6 nitrogen and oxygen atoms in total. The van der Waals surface area contributed by atoms with E-state index in [1.807, 2.05) is 36.4 Å².